The fourth-order valence-electron chi connectivity index (χ4n) is 1.30. The molecule has 1 aromatic heterocycles. The van der Waals surface area contributed by atoms with Gasteiger partial charge in [0.15, 0.2) is 5.13 Å². The number of nitrogens with one attached hydrogen (secondary N) is 1. The number of nitrogens with zero attached hydrogens (tertiary/aromatic N) is 1. The van der Waals surface area contributed by atoms with Crippen LogP contribution in [0.15, 0.2) is 5.38 Å². The van der Waals surface area contributed by atoms with Gasteiger partial charge in [0.1, 0.15) is 6.04 Å². The highest BCUT2D eigenvalue weighted by molar-refractivity contribution is 7.13. The Morgan fingerprint density at radius 3 is 3.07 bits per heavy atom. The largest absolute Gasteiger partial charge is 0.480 e. The highest BCUT2D eigenvalue weighted by Crippen LogP contribution is 2.33. The molecule has 3 unspecified atom stereocenters. The Morgan fingerprint density at radius 2 is 2.53 bits per heavy atom. The van der Waals surface area contributed by atoms with Crippen LogP contribution in [0.2, 0.25) is 0 Å². The summed E-state index contributed by atoms with van der Waals surface area (Å²) >= 11 is 1.40. The maximum atomic E-state index is 10.6. The van der Waals surface area contributed by atoms with E-state index in [0.29, 0.717) is 17.7 Å². The molecule has 15 heavy (non-hydrogen) atoms. The molecule has 1 fully saturated rings. The van der Waals surface area contributed by atoms with Gasteiger partial charge in [-0.2, -0.15) is 0 Å². The summed E-state index contributed by atoms with van der Waals surface area (Å²) in [5, 5.41) is 14.4. The number of rotatable bonds is 4. The summed E-state index contributed by atoms with van der Waals surface area (Å²) < 4.78 is 0. The zero-order valence-electron chi connectivity index (χ0n) is 8.30. The van der Waals surface area contributed by atoms with Crippen LogP contribution in [0.3, 0.4) is 0 Å². The van der Waals surface area contributed by atoms with Gasteiger partial charge in [0.2, 0.25) is 0 Å². The molecule has 1 saturated carbocycles. The first kappa shape index (κ1) is 10.4. The van der Waals surface area contributed by atoms with E-state index in [0.717, 1.165) is 11.6 Å². The second-order valence-electron chi connectivity index (χ2n) is 3.86. The minimum Gasteiger partial charge on any atom is -0.480 e. The molecule has 0 aliphatic heterocycles. The number of thiazole rings is 1. The molecule has 1 heterocycles. The van der Waals surface area contributed by atoms with Crippen LogP contribution in [0.25, 0.3) is 0 Å². The van der Waals surface area contributed by atoms with Crippen molar-refractivity contribution in [2.24, 2.45) is 11.7 Å². The Bertz CT molecular complexity index is 379. The minimum atomic E-state index is -1.05. The van der Waals surface area contributed by atoms with Crippen molar-refractivity contribution in [1.29, 1.82) is 0 Å². The lowest BCUT2D eigenvalue weighted by atomic mass is 10.2. The number of hydrogen-bond acceptors (Lipinski definition) is 5. The lowest BCUT2D eigenvalue weighted by Gasteiger charge is -2.01. The summed E-state index contributed by atoms with van der Waals surface area (Å²) in [5.41, 5.74) is 5.86. The summed E-state index contributed by atoms with van der Waals surface area (Å²) in [6, 6.07) is -0.529. The Labute approximate surface area is 91.3 Å². The first-order chi connectivity index (χ1) is 7.08. The molecule has 3 atom stereocenters. The summed E-state index contributed by atoms with van der Waals surface area (Å²) in [7, 11) is 0. The Kier molecular flexibility index (Phi) is 2.62. The van der Waals surface area contributed by atoms with E-state index in [1.807, 2.05) is 0 Å². The summed E-state index contributed by atoms with van der Waals surface area (Å²) in [6.45, 7) is 2.16. The Balaban J connectivity index is 2.00. The second kappa shape index (κ2) is 3.79. The lowest BCUT2D eigenvalue weighted by Crippen LogP contribution is -2.21. The van der Waals surface area contributed by atoms with Gasteiger partial charge in [-0.3, -0.25) is 4.79 Å². The molecular weight excluding hydrogens is 214 g/mol. The Hall–Kier alpha value is -1.14. The number of hydrogen-bond donors (Lipinski definition) is 3. The number of nitrogens with two attached hydrogens (primary N) is 1. The van der Waals surface area contributed by atoms with Crippen LogP contribution < -0.4 is 11.1 Å². The fourth-order valence-corrected chi connectivity index (χ4v) is 2.11. The monoisotopic (exact) mass is 227 g/mol. The van der Waals surface area contributed by atoms with Gasteiger partial charge in [0, 0.05) is 11.4 Å². The van der Waals surface area contributed by atoms with Crippen LogP contribution in [0, 0.1) is 5.92 Å². The quantitative estimate of drug-likeness (QED) is 0.715. The van der Waals surface area contributed by atoms with E-state index in [9.17, 15) is 4.79 Å². The number of aliphatic carboxylic acids is 1. The third-order valence-corrected chi connectivity index (χ3v) is 3.32. The van der Waals surface area contributed by atoms with Gasteiger partial charge in [-0.15, -0.1) is 11.3 Å². The van der Waals surface area contributed by atoms with Gasteiger partial charge in [-0.25, -0.2) is 4.98 Å². The van der Waals surface area contributed by atoms with Gasteiger partial charge in [0.25, 0.3) is 0 Å². The van der Waals surface area contributed by atoms with E-state index in [4.69, 9.17) is 10.8 Å². The van der Waals surface area contributed by atoms with Crippen molar-refractivity contribution >= 4 is 22.4 Å². The maximum absolute atomic E-state index is 10.6. The van der Waals surface area contributed by atoms with E-state index >= 15 is 0 Å². The summed E-state index contributed by atoms with van der Waals surface area (Å²) in [4.78, 5) is 14.8. The zero-order chi connectivity index (χ0) is 11.0. The van der Waals surface area contributed by atoms with Crippen molar-refractivity contribution < 1.29 is 9.90 Å². The van der Waals surface area contributed by atoms with Crippen LogP contribution in [0.1, 0.15) is 25.1 Å². The number of carboxylic acid groups (broad SMARTS) is 1. The van der Waals surface area contributed by atoms with Crippen LogP contribution in [-0.2, 0) is 4.79 Å². The number of aromatic nitrogens is 1. The average Bonchev–Trinajstić information content (AvgIpc) is 2.68. The number of carbonyl (C=O) groups is 1. The van der Waals surface area contributed by atoms with E-state index in [2.05, 4.69) is 17.2 Å². The molecule has 1 aliphatic carbocycles. The average molecular weight is 227 g/mol. The molecule has 0 amide bonds. The van der Waals surface area contributed by atoms with Gasteiger partial charge < -0.3 is 16.2 Å². The Morgan fingerprint density at radius 1 is 1.87 bits per heavy atom. The molecule has 1 aliphatic rings. The highest BCUT2D eigenvalue weighted by Gasteiger charge is 2.33. The normalized spacial score (nSPS) is 26.0. The predicted octanol–water partition coefficient (Wildman–Crippen LogP) is 1.05. The molecule has 5 nitrogen and oxygen atoms in total. The van der Waals surface area contributed by atoms with E-state index < -0.39 is 12.0 Å². The van der Waals surface area contributed by atoms with Crippen molar-refractivity contribution in [3.8, 4) is 0 Å². The predicted molar refractivity (Wildman–Crippen MR) is 57.9 cm³/mol. The molecular formula is C9H13N3O2S. The minimum absolute atomic E-state index is 0.420. The van der Waals surface area contributed by atoms with Crippen LogP contribution in [-0.4, -0.2) is 22.1 Å². The SMILES string of the molecule is CC1CC1Nc1nc(C(N)C(=O)O)cs1. The molecule has 4 N–H and O–H groups in total. The van der Waals surface area contributed by atoms with Crippen molar-refractivity contribution in [3.05, 3.63) is 11.1 Å². The van der Waals surface area contributed by atoms with Crippen molar-refractivity contribution in [1.82, 2.24) is 4.98 Å². The highest BCUT2D eigenvalue weighted by atomic mass is 32.1. The lowest BCUT2D eigenvalue weighted by molar-refractivity contribution is -0.138. The molecule has 1 aromatic rings. The molecule has 0 radical (unpaired) electrons. The van der Waals surface area contributed by atoms with E-state index in [-0.39, 0.29) is 0 Å². The van der Waals surface area contributed by atoms with E-state index in [1.165, 1.54) is 11.3 Å². The molecule has 6 heteroatoms. The smallest absolute Gasteiger partial charge is 0.326 e. The van der Waals surface area contributed by atoms with Crippen LogP contribution >= 0.6 is 11.3 Å². The van der Waals surface area contributed by atoms with Gasteiger partial charge in [0.05, 0.1) is 5.69 Å². The topological polar surface area (TPSA) is 88.2 Å². The first-order valence-corrected chi connectivity index (χ1v) is 5.66. The first-order valence-electron chi connectivity index (χ1n) is 4.78. The van der Waals surface area contributed by atoms with Crippen molar-refractivity contribution in [3.63, 3.8) is 0 Å². The zero-order valence-corrected chi connectivity index (χ0v) is 9.12. The fraction of sp³-hybridized carbons (Fsp3) is 0.556. The third kappa shape index (κ3) is 2.27. The third-order valence-electron chi connectivity index (χ3n) is 2.52. The molecule has 2 rings (SSSR count). The van der Waals surface area contributed by atoms with Gasteiger partial charge in [-0.1, -0.05) is 6.92 Å². The molecule has 0 aromatic carbocycles. The summed E-state index contributed by atoms with van der Waals surface area (Å²) in [5.74, 6) is -0.364. The molecule has 0 saturated heterocycles. The van der Waals surface area contributed by atoms with Crippen molar-refractivity contribution in [2.45, 2.75) is 25.4 Å². The van der Waals surface area contributed by atoms with Gasteiger partial charge in [-0.05, 0) is 12.3 Å². The van der Waals surface area contributed by atoms with Crippen molar-refractivity contribution in [2.75, 3.05) is 5.32 Å². The van der Waals surface area contributed by atoms with Gasteiger partial charge >= 0.3 is 5.97 Å². The van der Waals surface area contributed by atoms with Crippen LogP contribution in [0.4, 0.5) is 5.13 Å². The van der Waals surface area contributed by atoms with Crippen LogP contribution in [0.5, 0.6) is 0 Å². The summed E-state index contributed by atoms with van der Waals surface area (Å²) in [6.07, 6.45) is 1.15. The number of carboxylic acids is 1. The molecule has 82 valence electrons. The van der Waals surface area contributed by atoms with E-state index in [1.54, 1.807) is 5.38 Å². The number of anilines is 1. The molecule has 0 bridgehead atoms. The molecule has 0 spiro atoms. The standard InChI is InChI=1S/C9H13N3O2S/c1-4-2-5(4)11-9-12-6(3-15-9)7(10)8(13)14/h3-5,7H,2,10H2,1H3,(H,11,12)(H,13,14). The second-order valence-corrected chi connectivity index (χ2v) is 4.72. The maximum Gasteiger partial charge on any atom is 0.326 e.